The topological polar surface area (TPSA) is 80.3 Å². The number of hydrogen-bond donors (Lipinski definition) is 0. The quantitative estimate of drug-likeness (QED) is 0.499. The molecule has 0 radical (unpaired) electrons. The van der Waals surface area contributed by atoms with E-state index in [4.69, 9.17) is 0 Å². The van der Waals surface area contributed by atoms with Gasteiger partial charge < -0.3 is 19.8 Å². The minimum absolute atomic E-state index is 0. The Kier molecular flexibility index (Phi) is 10.5. The Bertz CT molecular complexity index is 404. The maximum absolute atomic E-state index is 10.8. The average Bonchev–Trinajstić information content (AvgIpc) is 2.17. The van der Waals surface area contributed by atoms with Gasteiger partial charge in [-0.1, -0.05) is 31.5 Å². The third kappa shape index (κ3) is 5.12. The first-order chi connectivity index (χ1) is 7.07. The molecule has 0 bridgehead atoms. The molecular formula is C11H10Na2O4. The van der Waals surface area contributed by atoms with Crippen LogP contribution in [0.2, 0.25) is 0 Å². The summed E-state index contributed by atoms with van der Waals surface area (Å²) in [5.41, 5.74) is -0.112. The van der Waals surface area contributed by atoms with E-state index < -0.39 is 11.9 Å². The van der Waals surface area contributed by atoms with Gasteiger partial charge in [-0.15, -0.1) is 0 Å². The predicted molar refractivity (Wildman–Crippen MR) is 49.1 cm³/mol. The van der Waals surface area contributed by atoms with Crippen LogP contribution >= 0.6 is 0 Å². The smallest absolute Gasteiger partial charge is 0.545 e. The molecule has 0 aliphatic carbocycles. The van der Waals surface area contributed by atoms with E-state index in [0.717, 1.165) is 6.42 Å². The summed E-state index contributed by atoms with van der Waals surface area (Å²) < 4.78 is 0. The van der Waals surface area contributed by atoms with Crippen LogP contribution in [-0.4, -0.2) is 11.9 Å². The van der Waals surface area contributed by atoms with Crippen molar-refractivity contribution in [1.29, 1.82) is 0 Å². The van der Waals surface area contributed by atoms with Crippen molar-refractivity contribution < 1.29 is 78.9 Å². The molecule has 0 atom stereocenters. The zero-order valence-electron chi connectivity index (χ0n) is 10.3. The van der Waals surface area contributed by atoms with Gasteiger partial charge in [-0.25, -0.2) is 0 Å². The van der Waals surface area contributed by atoms with E-state index in [-0.39, 0.29) is 70.2 Å². The molecule has 0 N–H and O–H groups in total. The van der Waals surface area contributed by atoms with Crippen LogP contribution in [0.3, 0.4) is 0 Å². The van der Waals surface area contributed by atoms with Gasteiger partial charge in [0.1, 0.15) is 0 Å². The number of carbonyl (C=O) groups excluding carboxylic acids is 2. The molecule has 0 aliphatic rings. The van der Waals surface area contributed by atoms with Gasteiger partial charge in [-0.05, 0) is 12.0 Å². The number of aromatic carboxylic acids is 2. The Hall–Kier alpha value is 0.160. The minimum atomic E-state index is -1.49. The first-order valence-electron chi connectivity index (χ1n) is 4.62. The van der Waals surface area contributed by atoms with Crippen molar-refractivity contribution in [3.8, 4) is 0 Å². The molecule has 4 nitrogen and oxygen atoms in total. The van der Waals surface area contributed by atoms with Gasteiger partial charge in [0.25, 0.3) is 0 Å². The molecule has 17 heavy (non-hydrogen) atoms. The predicted octanol–water partition coefficient (Wildman–Crippen LogP) is -6.63. The summed E-state index contributed by atoms with van der Waals surface area (Å²) in [6.07, 6.45) is 1.24. The third-order valence-electron chi connectivity index (χ3n) is 2.09. The maximum Gasteiger partial charge on any atom is 1.00 e. The summed E-state index contributed by atoms with van der Waals surface area (Å²) in [6, 6.07) is 4.29. The van der Waals surface area contributed by atoms with E-state index >= 15 is 0 Å². The average molecular weight is 252 g/mol. The summed E-state index contributed by atoms with van der Waals surface area (Å²) in [6.45, 7) is 1.88. The number of aryl methyl sites for hydroxylation is 1. The summed E-state index contributed by atoms with van der Waals surface area (Å²) in [7, 11) is 0. The van der Waals surface area contributed by atoms with E-state index in [1.165, 1.54) is 12.1 Å². The maximum atomic E-state index is 10.8. The number of carbonyl (C=O) groups is 2. The van der Waals surface area contributed by atoms with E-state index in [9.17, 15) is 19.8 Å². The molecular weight excluding hydrogens is 242 g/mol. The Balaban J connectivity index is 0. The van der Waals surface area contributed by atoms with Gasteiger partial charge in [0.15, 0.2) is 0 Å². The summed E-state index contributed by atoms with van der Waals surface area (Å²) >= 11 is 0. The van der Waals surface area contributed by atoms with Crippen LogP contribution in [0.5, 0.6) is 0 Å². The van der Waals surface area contributed by atoms with E-state index in [1.54, 1.807) is 6.07 Å². The minimum Gasteiger partial charge on any atom is -0.545 e. The molecule has 0 aromatic heterocycles. The molecule has 0 saturated heterocycles. The van der Waals surface area contributed by atoms with Crippen molar-refractivity contribution in [2.75, 3.05) is 0 Å². The number of hydrogen-bond acceptors (Lipinski definition) is 4. The Morgan fingerprint density at radius 3 is 2.12 bits per heavy atom. The first-order valence-corrected chi connectivity index (χ1v) is 4.62. The van der Waals surface area contributed by atoms with Crippen molar-refractivity contribution in [1.82, 2.24) is 0 Å². The first kappa shape index (κ1) is 19.5. The van der Waals surface area contributed by atoms with Gasteiger partial charge in [0, 0.05) is 11.1 Å². The van der Waals surface area contributed by atoms with Crippen molar-refractivity contribution in [3.63, 3.8) is 0 Å². The molecule has 0 amide bonds. The molecule has 0 spiro atoms. The van der Waals surface area contributed by atoms with Gasteiger partial charge in [0.05, 0.1) is 11.9 Å². The number of carboxylic acids is 2. The zero-order chi connectivity index (χ0) is 11.4. The van der Waals surface area contributed by atoms with E-state index in [2.05, 4.69) is 0 Å². The Morgan fingerprint density at radius 1 is 1.12 bits per heavy atom. The molecule has 0 unspecified atom stereocenters. The largest absolute Gasteiger partial charge is 1.00 e. The van der Waals surface area contributed by atoms with Crippen LogP contribution in [0.4, 0.5) is 0 Å². The molecule has 1 aromatic carbocycles. The van der Waals surface area contributed by atoms with Crippen LogP contribution < -0.4 is 69.3 Å². The van der Waals surface area contributed by atoms with Crippen LogP contribution in [0, 0.1) is 0 Å². The fourth-order valence-electron chi connectivity index (χ4n) is 1.49. The molecule has 0 saturated carbocycles. The van der Waals surface area contributed by atoms with Crippen molar-refractivity contribution in [2.45, 2.75) is 19.8 Å². The van der Waals surface area contributed by atoms with Gasteiger partial charge in [0.2, 0.25) is 0 Å². The van der Waals surface area contributed by atoms with Gasteiger partial charge in [-0.2, -0.15) is 0 Å². The molecule has 0 fully saturated rings. The van der Waals surface area contributed by atoms with Crippen molar-refractivity contribution in [2.24, 2.45) is 0 Å². The number of carboxylic acid groups (broad SMARTS) is 2. The molecule has 0 heterocycles. The SMILES string of the molecule is CCCc1cccc(C(=O)[O-])c1C(=O)[O-].[Na+].[Na+]. The van der Waals surface area contributed by atoms with Crippen molar-refractivity contribution >= 4 is 11.9 Å². The molecule has 80 valence electrons. The van der Waals surface area contributed by atoms with Crippen LogP contribution in [-0.2, 0) is 6.42 Å². The van der Waals surface area contributed by atoms with E-state index in [0.29, 0.717) is 12.0 Å². The van der Waals surface area contributed by atoms with Crippen LogP contribution in [0.15, 0.2) is 18.2 Å². The fraction of sp³-hybridized carbons (Fsp3) is 0.273. The fourth-order valence-corrected chi connectivity index (χ4v) is 1.49. The molecule has 6 heteroatoms. The second-order valence-corrected chi connectivity index (χ2v) is 3.16. The zero-order valence-corrected chi connectivity index (χ0v) is 14.3. The number of benzene rings is 1. The number of rotatable bonds is 4. The van der Waals surface area contributed by atoms with Crippen LogP contribution in [0.1, 0.15) is 39.6 Å². The third-order valence-corrected chi connectivity index (χ3v) is 2.09. The standard InChI is InChI=1S/C11H12O4.2Na/c1-2-4-7-5-3-6-8(10(12)13)9(7)11(14)15;;/h3,5-6H,2,4H2,1H3,(H,12,13)(H,14,15);;/q;2*+1/p-2. The summed E-state index contributed by atoms with van der Waals surface area (Å²) in [5, 5.41) is 21.5. The molecule has 0 aliphatic heterocycles. The van der Waals surface area contributed by atoms with Gasteiger partial charge >= 0.3 is 59.1 Å². The normalized spacial score (nSPS) is 8.76. The monoisotopic (exact) mass is 252 g/mol. The Morgan fingerprint density at radius 2 is 1.71 bits per heavy atom. The summed E-state index contributed by atoms with van der Waals surface area (Å²) in [5.74, 6) is -2.97. The Labute approximate surface area is 144 Å². The summed E-state index contributed by atoms with van der Waals surface area (Å²) in [4.78, 5) is 21.5. The second-order valence-electron chi connectivity index (χ2n) is 3.16. The molecule has 1 rings (SSSR count). The second kappa shape index (κ2) is 9.14. The molecule has 1 aromatic rings. The van der Waals surface area contributed by atoms with Crippen LogP contribution in [0.25, 0.3) is 0 Å². The van der Waals surface area contributed by atoms with Crippen molar-refractivity contribution in [3.05, 3.63) is 34.9 Å². The van der Waals surface area contributed by atoms with Gasteiger partial charge in [-0.3, -0.25) is 0 Å². The van der Waals surface area contributed by atoms with E-state index in [1.807, 2.05) is 6.92 Å².